The first-order chi connectivity index (χ1) is 8.97. The van der Waals surface area contributed by atoms with E-state index in [9.17, 15) is 0 Å². The third kappa shape index (κ3) is 3.43. The molecule has 2 aromatic rings. The number of anilines is 1. The number of hydrogen-bond acceptors (Lipinski definition) is 3. The number of nitrogens with zero attached hydrogens (tertiary/aromatic N) is 2. The molecule has 4 heteroatoms. The van der Waals surface area contributed by atoms with Gasteiger partial charge in [-0.1, -0.05) is 43.7 Å². The van der Waals surface area contributed by atoms with Crippen molar-refractivity contribution in [3.63, 3.8) is 0 Å². The molecule has 2 N–H and O–H groups in total. The quantitative estimate of drug-likeness (QED) is 0.839. The van der Waals surface area contributed by atoms with Gasteiger partial charge in [-0.15, -0.1) is 0 Å². The summed E-state index contributed by atoms with van der Waals surface area (Å²) in [7, 11) is 0. The Hall–Kier alpha value is -1.17. The monoisotopic (exact) mass is 367 g/mol. The Labute approximate surface area is 127 Å². The molecule has 3 nitrogen and oxygen atoms in total. The third-order valence-electron chi connectivity index (χ3n) is 2.86. The van der Waals surface area contributed by atoms with Gasteiger partial charge in [0.25, 0.3) is 0 Å². The molecule has 1 aromatic heterocycles. The molecule has 0 radical (unpaired) electrons. The molecule has 1 aromatic carbocycles. The predicted octanol–water partition coefficient (Wildman–Crippen LogP) is 3.84. The van der Waals surface area contributed by atoms with Crippen LogP contribution in [-0.4, -0.2) is 9.97 Å². The van der Waals surface area contributed by atoms with E-state index in [0.717, 1.165) is 21.2 Å². The summed E-state index contributed by atoms with van der Waals surface area (Å²) in [6.07, 6.45) is 0.920. The third-order valence-corrected chi connectivity index (χ3v) is 4.03. The predicted molar refractivity (Wildman–Crippen MR) is 87.9 cm³/mol. The second-order valence-electron chi connectivity index (χ2n) is 5.16. The fraction of sp³-hybridized carbons (Fsp3) is 0.333. The van der Waals surface area contributed by atoms with Crippen LogP contribution in [0.15, 0.2) is 24.3 Å². The van der Waals surface area contributed by atoms with Crippen LogP contribution in [0.3, 0.4) is 0 Å². The SMILES string of the molecule is Cc1ccc(-c2nc(N)c(I)c(CC(C)C)n2)cc1. The van der Waals surface area contributed by atoms with Crippen molar-refractivity contribution < 1.29 is 0 Å². The molecular formula is C15H18IN3. The summed E-state index contributed by atoms with van der Waals surface area (Å²) in [4.78, 5) is 9.07. The molecular weight excluding hydrogens is 349 g/mol. The van der Waals surface area contributed by atoms with Crippen molar-refractivity contribution >= 4 is 28.4 Å². The van der Waals surface area contributed by atoms with Gasteiger partial charge in [0, 0.05) is 5.56 Å². The van der Waals surface area contributed by atoms with E-state index in [0.29, 0.717) is 17.6 Å². The van der Waals surface area contributed by atoms with Gasteiger partial charge in [-0.25, -0.2) is 9.97 Å². The Morgan fingerprint density at radius 1 is 1.16 bits per heavy atom. The summed E-state index contributed by atoms with van der Waals surface area (Å²) >= 11 is 2.23. The largest absolute Gasteiger partial charge is 0.383 e. The molecule has 0 fully saturated rings. The van der Waals surface area contributed by atoms with Crippen LogP contribution in [-0.2, 0) is 6.42 Å². The Morgan fingerprint density at radius 3 is 2.37 bits per heavy atom. The van der Waals surface area contributed by atoms with E-state index in [1.807, 2.05) is 12.1 Å². The van der Waals surface area contributed by atoms with E-state index in [2.05, 4.69) is 65.5 Å². The van der Waals surface area contributed by atoms with Crippen molar-refractivity contribution in [2.75, 3.05) is 5.73 Å². The number of hydrogen-bond donors (Lipinski definition) is 1. The van der Waals surface area contributed by atoms with Gasteiger partial charge in [-0.3, -0.25) is 0 Å². The van der Waals surface area contributed by atoms with Crippen LogP contribution in [0.4, 0.5) is 5.82 Å². The van der Waals surface area contributed by atoms with E-state index < -0.39 is 0 Å². The van der Waals surface area contributed by atoms with Crippen molar-refractivity contribution in [3.05, 3.63) is 39.1 Å². The number of halogens is 1. The topological polar surface area (TPSA) is 51.8 Å². The maximum Gasteiger partial charge on any atom is 0.161 e. The molecule has 0 aliphatic rings. The number of rotatable bonds is 3. The van der Waals surface area contributed by atoms with Crippen LogP contribution < -0.4 is 5.73 Å². The molecule has 0 spiro atoms. The minimum Gasteiger partial charge on any atom is -0.383 e. The van der Waals surface area contributed by atoms with Crippen molar-refractivity contribution in [3.8, 4) is 11.4 Å². The number of aryl methyl sites for hydroxylation is 1. The van der Waals surface area contributed by atoms with Crippen molar-refractivity contribution in [1.82, 2.24) is 9.97 Å². The molecule has 0 amide bonds. The highest BCUT2D eigenvalue weighted by Gasteiger charge is 2.12. The van der Waals surface area contributed by atoms with Gasteiger partial charge in [0.1, 0.15) is 5.82 Å². The van der Waals surface area contributed by atoms with Gasteiger partial charge in [0.05, 0.1) is 9.26 Å². The lowest BCUT2D eigenvalue weighted by Gasteiger charge is -2.11. The zero-order valence-electron chi connectivity index (χ0n) is 11.4. The smallest absolute Gasteiger partial charge is 0.161 e. The van der Waals surface area contributed by atoms with Crippen molar-refractivity contribution in [2.45, 2.75) is 27.2 Å². The van der Waals surface area contributed by atoms with Gasteiger partial charge in [-0.2, -0.15) is 0 Å². The van der Waals surface area contributed by atoms with E-state index in [1.54, 1.807) is 0 Å². The van der Waals surface area contributed by atoms with Crippen LogP contribution in [0.1, 0.15) is 25.1 Å². The van der Waals surface area contributed by atoms with E-state index in [1.165, 1.54) is 5.56 Å². The molecule has 0 atom stereocenters. The molecule has 0 aliphatic heterocycles. The summed E-state index contributed by atoms with van der Waals surface area (Å²) in [5.41, 5.74) is 9.29. The Kier molecular flexibility index (Phi) is 4.39. The first kappa shape index (κ1) is 14.2. The molecule has 19 heavy (non-hydrogen) atoms. The van der Waals surface area contributed by atoms with Crippen LogP contribution in [0.25, 0.3) is 11.4 Å². The molecule has 0 saturated carbocycles. The fourth-order valence-corrected chi connectivity index (χ4v) is 2.33. The maximum absolute atomic E-state index is 6.01. The Bertz CT molecular complexity index is 577. The fourth-order valence-electron chi connectivity index (χ4n) is 1.87. The zero-order valence-corrected chi connectivity index (χ0v) is 13.6. The first-order valence-corrected chi connectivity index (χ1v) is 7.44. The summed E-state index contributed by atoms with van der Waals surface area (Å²) in [6, 6.07) is 8.20. The molecule has 2 rings (SSSR count). The maximum atomic E-state index is 6.01. The second-order valence-corrected chi connectivity index (χ2v) is 6.24. The van der Waals surface area contributed by atoms with E-state index in [-0.39, 0.29) is 0 Å². The number of nitrogens with two attached hydrogens (primary N) is 1. The van der Waals surface area contributed by atoms with E-state index >= 15 is 0 Å². The van der Waals surface area contributed by atoms with Gasteiger partial charge >= 0.3 is 0 Å². The highest BCUT2D eigenvalue weighted by Crippen LogP contribution is 2.24. The number of nitrogen functional groups attached to an aromatic ring is 1. The lowest BCUT2D eigenvalue weighted by atomic mass is 10.1. The summed E-state index contributed by atoms with van der Waals surface area (Å²) in [5.74, 6) is 1.84. The summed E-state index contributed by atoms with van der Waals surface area (Å²) in [5, 5.41) is 0. The molecule has 0 saturated heterocycles. The Balaban J connectivity index is 2.46. The summed E-state index contributed by atoms with van der Waals surface area (Å²) < 4.78 is 0.974. The van der Waals surface area contributed by atoms with Crippen molar-refractivity contribution in [1.29, 1.82) is 0 Å². The minimum absolute atomic E-state index is 0.550. The van der Waals surface area contributed by atoms with Gasteiger partial charge < -0.3 is 5.73 Å². The van der Waals surface area contributed by atoms with Crippen LogP contribution in [0.5, 0.6) is 0 Å². The van der Waals surface area contributed by atoms with Gasteiger partial charge in [-0.05, 0) is 41.9 Å². The first-order valence-electron chi connectivity index (χ1n) is 6.36. The van der Waals surface area contributed by atoms with Gasteiger partial charge in [0.15, 0.2) is 5.82 Å². The molecule has 0 bridgehead atoms. The van der Waals surface area contributed by atoms with Gasteiger partial charge in [0.2, 0.25) is 0 Å². The van der Waals surface area contributed by atoms with Crippen LogP contribution >= 0.6 is 22.6 Å². The number of aromatic nitrogens is 2. The standard InChI is InChI=1S/C15H18IN3/c1-9(2)8-12-13(16)14(17)19-15(18-12)11-6-4-10(3)5-7-11/h4-7,9H,8H2,1-3H3,(H2,17,18,19). The van der Waals surface area contributed by atoms with Crippen molar-refractivity contribution in [2.24, 2.45) is 5.92 Å². The highest BCUT2D eigenvalue weighted by atomic mass is 127. The van der Waals surface area contributed by atoms with Crippen LogP contribution in [0, 0.1) is 16.4 Å². The summed E-state index contributed by atoms with van der Waals surface area (Å²) in [6.45, 7) is 6.43. The lowest BCUT2D eigenvalue weighted by molar-refractivity contribution is 0.632. The minimum atomic E-state index is 0.550. The molecule has 0 unspecified atom stereocenters. The molecule has 1 heterocycles. The normalized spacial score (nSPS) is 11.0. The molecule has 100 valence electrons. The second kappa shape index (κ2) is 5.86. The number of benzene rings is 1. The Morgan fingerprint density at radius 2 is 1.79 bits per heavy atom. The average Bonchev–Trinajstić information content (AvgIpc) is 2.35. The average molecular weight is 367 g/mol. The lowest BCUT2D eigenvalue weighted by Crippen LogP contribution is -2.07. The van der Waals surface area contributed by atoms with Crippen LogP contribution in [0.2, 0.25) is 0 Å². The molecule has 0 aliphatic carbocycles. The highest BCUT2D eigenvalue weighted by molar-refractivity contribution is 14.1. The zero-order chi connectivity index (χ0) is 14.0. The van der Waals surface area contributed by atoms with E-state index in [4.69, 9.17) is 5.73 Å².